The third kappa shape index (κ3) is 2.50. The van der Waals surface area contributed by atoms with E-state index in [0.29, 0.717) is 6.54 Å². The van der Waals surface area contributed by atoms with Crippen LogP contribution in [0.1, 0.15) is 40.0 Å². The summed E-state index contributed by atoms with van der Waals surface area (Å²) >= 11 is 0. The molecule has 1 saturated carbocycles. The molecule has 0 aromatic heterocycles. The minimum atomic E-state index is 0.111. The van der Waals surface area contributed by atoms with Gasteiger partial charge in [0.1, 0.15) is 6.54 Å². The lowest BCUT2D eigenvalue weighted by Crippen LogP contribution is -2.40. The molecule has 0 N–H and O–H groups in total. The van der Waals surface area contributed by atoms with Crippen LogP contribution in [-0.4, -0.2) is 23.9 Å². The zero-order valence-electron chi connectivity index (χ0n) is 9.92. The fraction of sp³-hybridized carbons (Fsp3) is 0.833. The van der Waals surface area contributed by atoms with Crippen molar-refractivity contribution in [1.82, 2.24) is 4.90 Å². The number of hydrogen-bond acceptors (Lipinski definition) is 2. The fourth-order valence-electron chi connectivity index (χ4n) is 2.44. The van der Waals surface area contributed by atoms with Gasteiger partial charge in [-0.2, -0.15) is 5.26 Å². The number of nitriles is 1. The zero-order valence-corrected chi connectivity index (χ0v) is 9.92. The van der Waals surface area contributed by atoms with Crippen LogP contribution in [0.25, 0.3) is 0 Å². The second kappa shape index (κ2) is 4.65. The van der Waals surface area contributed by atoms with E-state index in [-0.39, 0.29) is 23.8 Å². The van der Waals surface area contributed by atoms with Crippen LogP contribution in [0.4, 0.5) is 0 Å². The summed E-state index contributed by atoms with van der Waals surface area (Å²) in [7, 11) is 0. The predicted octanol–water partition coefficient (Wildman–Crippen LogP) is 2.18. The molecule has 84 valence electrons. The highest BCUT2D eigenvalue weighted by Crippen LogP contribution is 2.43. The Labute approximate surface area is 92.1 Å². The monoisotopic (exact) mass is 208 g/mol. The molecular formula is C12H20N2O. The van der Waals surface area contributed by atoms with Gasteiger partial charge in [0.05, 0.1) is 6.07 Å². The molecule has 1 atom stereocenters. The standard InChI is InChI=1S/C12H20N2O/c1-4-14(9-8-13)11(15)10-6-5-7-12(10,2)3/h10H,4-7,9H2,1-3H3. The lowest BCUT2D eigenvalue weighted by atomic mass is 9.81. The quantitative estimate of drug-likeness (QED) is 0.667. The molecule has 3 nitrogen and oxygen atoms in total. The first-order valence-electron chi connectivity index (χ1n) is 5.68. The zero-order chi connectivity index (χ0) is 11.5. The molecule has 1 aliphatic rings. The van der Waals surface area contributed by atoms with Crippen LogP contribution < -0.4 is 0 Å². The highest BCUT2D eigenvalue weighted by Gasteiger charge is 2.40. The second-order valence-electron chi connectivity index (χ2n) is 4.94. The van der Waals surface area contributed by atoms with Crippen molar-refractivity contribution in [1.29, 1.82) is 5.26 Å². The molecule has 0 aromatic rings. The Morgan fingerprint density at radius 2 is 2.27 bits per heavy atom. The Morgan fingerprint density at radius 3 is 2.67 bits per heavy atom. The minimum Gasteiger partial charge on any atom is -0.329 e. The van der Waals surface area contributed by atoms with Crippen molar-refractivity contribution in [3.63, 3.8) is 0 Å². The van der Waals surface area contributed by atoms with Crippen LogP contribution in [0.5, 0.6) is 0 Å². The third-order valence-corrected chi connectivity index (χ3v) is 3.51. The van der Waals surface area contributed by atoms with Gasteiger partial charge in [-0.05, 0) is 25.2 Å². The van der Waals surface area contributed by atoms with Gasteiger partial charge in [0, 0.05) is 12.5 Å². The Morgan fingerprint density at radius 1 is 1.60 bits per heavy atom. The van der Waals surface area contributed by atoms with E-state index in [0.717, 1.165) is 19.3 Å². The number of rotatable bonds is 3. The smallest absolute Gasteiger partial charge is 0.227 e. The van der Waals surface area contributed by atoms with Gasteiger partial charge in [0.25, 0.3) is 0 Å². The van der Waals surface area contributed by atoms with Crippen LogP contribution in [0.3, 0.4) is 0 Å². The van der Waals surface area contributed by atoms with Crippen molar-refractivity contribution in [2.75, 3.05) is 13.1 Å². The lowest BCUT2D eigenvalue weighted by molar-refractivity contribution is -0.137. The molecule has 0 radical (unpaired) electrons. The van der Waals surface area contributed by atoms with Crippen LogP contribution >= 0.6 is 0 Å². The van der Waals surface area contributed by atoms with E-state index >= 15 is 0 Å². The van der Waals surface area contributed by atoms with Crippen molar-refractivity contribution in [3.8, 4) is 6.07 Å². The molecule has 0 bridgehead atoms. The molecule has 1 aliphatic carbocycles. The number of amides is 1. The molecule has 1 fully saturated rings. The van der Waals surface area contributed by atoms with Gasteiger partial charge >= 0.3 is 0 Å². The molecule has 0 spiro atoms. The van der Waals surface area contributed by atoms with Gasteiger partial charge in [0.15, 0.2) is 0 Å². The normalized spacial score (nSPS) is 23.5. The first-order valence-corrected chi connectivity index (χ1v) is 5.68. The van der Waals surface area contributed by atoms with Gasteiger partial charge < -0.3 is 4.90 Å². The summed E-state index contributed by atoms with van der Waals surface area (Å²) in [6.45, 7) is 7.10. The molecule has 1 unspecified atom stereocenters. The average Bonchev–Trinajstić information content (AvgIpc) is 2.53. The maximum atomic E-state index is 12.2. The molecule has 0 aromatic carbocycles. The summed E-state index contributed by atoms with van der Waals surface area (Å²) < 4.78 is 0. The van der Waals surface area contributed by atoms with E-state index in [1.165, 1.54) is 0 Å². The molecule has 0 aliphatic heterocycles. The summed E-state index contributed by atoms with van der Waals surface area (Å²) in [6, 6.07) is 2.06. The lowest BCUT2D eigenvalue weighted by Gasteiger charge is -2.30. The predicted molar refractivity (Wildman–Crippen MR) is 59.0 cm³/mol. The number of hydrogen-bond donors (Lipinski definition) is 0. The van der Waals surface area contributed by atoms with Gasteiger partial charge in [-0.25, -0.2) is 0 Å². The summed E-state index contributed by atoms with van der Waals surface area (Å²) in [5.74, 6) is 0.285. The van der Waals surface area contributed by atoms with Crippen molar-refractivity contribution < 1.29 is 4.79 Å². The van der Waals surface area contributed by atoms with Crippen molar-refractivity contribution in [2.24, 2.45) is 11.3 Å². The topological polar surface area (TPSA) is 44.1 Å². The number of carbonyl (C=O) groups excluding carboxylic acids is 1. The summed E-state index contributed by atoms with van der Waals surface area (Å²) in [6.07, 6.45) is 3.23. The first kappa shape index (κ1) is 12.0. The minimum absolute atomic E-state index is 0.111. The molecule has 1 amide bonds. The maximum absolute atomic E-state index is 12.2. The van der Waals surface area contributed by atoms with E-state index in [1.54, 1.807) is 4.90 Å². The van der Waals surface area contributed by atoms with Crippen molar-refractivity contribution in [2.45, 2.75) is 40.0 Å². The summed E-state index contributed by atoms with van der Waals surface area (Å²) in [4.78, 5) is 13.8. The second-order valence-corrected chi connectivity index (χ2v) is 4.94. The SMILES string of the molecule is CCN(CC#N)C(=O)C1CCCC1(C)C. The Balaban J connectivity index is 2.71. The molecule has 0 heterocycles. The summed E-state index contributed by atoms with van der Waals surface area (Å²) in [5, 5.41) is 8.65. The molecule has 1 rings (SSSR count). The van der Waals surface area contributed by atoms with Crippen LogP contribution in [-0.2, 0) is 4.79 Å². The molecular weight excluding hydrogens is 188 g/mol. The third-order valence-electron chi connectivity index (χ3n) is 3.51. The fourth-order valence-corrected chi connectivity index (χ4v) is 2.44. The van der Waals surface area contributed by atoms with E-state index in [2.05, 4.69) is 19.9 Å². The molecule has 15 heavy (non-hydrogen) atoms. The van der Waals surface area contributed by atoms with Crippen molar-refractivity contribution in [3.05, 3.63) is 0 Å². The number of carbonyl (C=O) groups is 1. The average molecular weight is 208 g/mol. The van der Waals surface area contributed by atoms with Crippen LogP contribution in [0.2, 0.25) is 0 Å². The highest BCUT2D eigenvalue weighted by atomic mass is 16.2. The van der Waals surface area contributed by atoms with Gasteiger partial charge in [-0.15, -0.1) is 0 Å². The van der Waals surface area contributed by atoms with Crippen LogP contribution in [0.15, 0.2) is 0 Å². The first-order chi connectivity index (χ1) is 7.03. The largest absolute Gasteiger partial charge is 0.329 e. The van der Waals surface area contributed by atoms with Crippen molar-refractivity contribution >= 4 is 5.91 Å². The van der Waals surface area contributed by atoms with Crippen LogP contribution in [0, 0.1) is 22.7 Å². The maximum Gasteiger partial charge on any atom is 0.227 e. The van der Waals surface area contributed by atoms with E-state index in [1.807, 2.05) is 6.92 Å². The Bertz CT molecular complexity index is 278. The highest BCUT2D eigenvalue weighted by molar-refractivity contribution is 5.80. The van der Waals surface area contributed by atoms with Gasteiger partial charge in [0.2, 0.25) is 5.91 Å². The Hall–Kier alpha value is -1.04. The summed E-state index contributed by atoms with van der Waals surface area (Å²) in [5.41, 5.74) is 0.111. The molecule has 0 saturated heterocycles. The van der Waals surface area contributed by atoms with Gasteiger partial charge in [-0.1, -0.05) is 20.3 Å². The van der Waals surface area contributed by atoms with E-state index < -0.39 is 0 Å². The van der Waals surface area contributed by atoms with E-state index in [9.17, 15) is 4.79 Å². The van der Waals surface area contributed by atoms with E-state index in [4.69, 9.17) is 5.26 Å². The Kier molecular flexibility index (Phi) is 3.73. The molecule has 3 heteroatoms. The van der Waals surface area contributed by atoms with Gasteiger partial charge in [-0.3, -0.25) is 4.79 Å². The number of nitrogens with zero attached hydrogens (tertiary/aromatic N) is 2.